The standard InChI is InChI=1S/C20H22N4O/c1-20(2)16-6-4-5-7-17(16)24(3)18(20)12-13-22-23-19(25)14-8-10-15(21)11-9-14/h4-13H,21H2,1-3H3,(H,23,25)/b18-12-,22-13-. The minimum atomic E-state index is -0.267. The summed E-state index contributed by atoms with van der Waals surface area (Å²) in [7, 11) is 2.04. The normalized spacial score (nSPS) is 17.1. The Morgan fingerprint density at radius 3 is 2.52 bits per heavy atom. The largest absolute Gasteiger partial charge is 0.399 e. The van der Waals surface area contributed by atoms with Crippen LogP contribution in [0.5, 0.6) is 0 Å². The number of hydrogen-bond donors (Lipinski definition) is 2. The first-order valence-electron chi connectivity index (χ1n) is 8.14. The van der Waals surface area contributed by atoms with E-state index >= 15 is 0 Å². The average Bonchev–Trinajstić information content (AvgIpc) is 2.79. The maximum absolute atomic E-state index is 12.0. The maximum atomic E-state index is 12.0. The van der Waals surface area contributed by atoms with Gasteiger partial charge in [0.15, 0.2) is 0 Å². The molecule has 1 aliphatic heterocycles. The highest BCUT2D eigenvalue weighted by Crippen LogP contribution is 2.46. The summed E-state index contributed by atoms with van der Waals surface area (Å²) < 4.78 is 0. The number of carbonyl (C=O) groups is 1. The minimum absolute atomic E-state index is 0.113. The van der Waals surface area contributed by atoms with E-state index in [0.29, 0.717) is 11.3 Å². The fourth-order valence-corrected chi connectivity index (χ4v) is 3.20. The van der Waals surface area contributed by atoms with Crippen molar-refractivity contribution in [3.63, 3.8) is 0 Å². The lowest BCUT2D eigenvalue weighted by Crippen LogP contribution is -2.23. The van der Waals surface area contributed by atoms with E-state index in [-0.39, 0.29) is 11.3 Å². The molecule has 1 aliphatic rings. The van der Waals surface area contributed by atoms with Gasteiger partial charge in [0.05, 0.1) is 0 Å². The van der Waals surface area contributed by atoms with Gasteiger partial charge < -0.3 is 10.6 Å². The van der Waals surface area contributed by atoms with Crippen molar-refractivity contribution in [2.24, 2.45) is 5.10 Å². The van der Waals surface area contributed by atoms with Crippen molar-refractivity contribution in [3.05, 3.63) is 71.4 Å². The van der Waals surface area contributed by atoms with Crippen molar-refractivity contribution in [1.29, 1.82) is 0 Å². The highest BCUT2D eigenvalue weighted by molar-refractivity contribution is 5.95. The Morgan fingerprint density at radius 2 is 1.84 bits per heavy atom. The Labute approximate surface area is 147 Å². The predicted octanol–water partition coefficient (Wildman–Crippen LogP) is 3.30. The summed E-state index contributed by atoms with van der Waals surface area (Å²) >= 11 is 0. The third-order valence-electron chi connectivity index (χ3n) is 4.59. The molecule has 5 heteroatoms. The molecule has 1 amide bonds. The number of nitrogen functional groups attached to an aromatic ring is 1. The number of hydrazone groups is 1. The van der Waals surface area contributed by atoms with Crippen LogP contribution in [-0.2, 0) is 5.41 Å². The van der Waals surface area contributed by atoms with Crippen LogP contribution in [0.3, 0.4) is 0 Å². The van der Waals surface area contributed by atoms with Gasteiger partial charge in [-0.15, -0.1) is 0 Å². The van der Waals surface area contributed by atoms with Crippen molar-refractivity contribution in [1.82, 2.24) is 5.43 Å². The molecule has 25 heavy (non-hydrogen) atoms. The van der Waals surface area contributed by atoms with Gasteiger partial charge in [-0.3, -0.25) is 4.79 Å². The molecule has 0 unspecified atom stereocenters. The maximum Gasteiger partial charge on any atom is 0.271 e. The van der Waals surface area contributed by atoms with Crippen molar-refractivity contribution in [3.8, 4) is 0 Å². The molecule has 3 rings (SSSR count). The van der Waals surface area contributed by atoms with Crippen LogP contribution in [0, 0.1) is 0 Å². The van der Waals surface area contributed by atoms with Crippen molar-refractivity contribution in [2.45, 2.75) is 19.3 Å². The van der Waals surface area contributed by atoms with E-state index in [2.05, 4.69) is 47.5 Å². The van der Waals surface area contributed by atoms with E-state index in [0.717, 1.165) is 5.70 Å². The summed E-state index contributed by atoms with van der Waals surface area (Å²) in [6.45, 7) is 4.37. The van der Waals surface area contributed by atoms with E-state index in [9.17, 15) is 4.79 Å². The summed E-state index contributed by atoms with van der Waals surface area (Å²) in [6.07, 6.45) is 3.55. The topological polar surface area (TPSA) is 70.7 Å². The zero-order chi connectivity index (χ0) is 18.0. The lowest BCUT2D eigenvalue weighted by Gasteiger charge is -2.23. The Balaban J connectivity index is 1.73. The van der Waals surface area contributed by atoms with E-state index in [1.165, 1.54) is 11.3 Å². The van der Waals surface area contributed by atoms with Gasteiger partial charge in [-0.2, -0.15) is 5.10 Å². The number of nitrogens with two attached hydrogens (primary N) is 1. The van der Waals surface area contributed by atoms with E-state index in [4.69, 9.17) is 5.73 Å². The fourth-order valence-electron chi connectivity index (χ4n) is 3.20. The first-order valence-corrected chi connectivity index (χ1v) is 8.14. The first-order chi connectivity index (χ1) is 11.9. The van der Waals surface area contributed by atoms with Gasteiger partial charge in [-0.25, -0.2) is 5.43 Å². The zero-order valence-corrected chi connectivity index (χ0v) is 14.7. The molecular weight excluding hydrogens is 312 g/mol. The van der Waals surface area contributed by atoms with Crippen LogP contribution in [0.1, 0.15) is 29.8 Å². The van der Waals surface area contributed by atoms with Gasteiger partial charge >= 0.3 is 0 Å². The Kier molecular flexibility index (Phi) is 4.31. The van der Waals surface area contributed by atoms with Crippen molar-refractivity contribution >= 4 is 23.5 Å². The lowest BCUT2D eigenvalue weighted by molar-refractivity contribution is 0.0955. The van der Waals surface area contributed by atoms with E-state index < -0.39 is 0 Å². The molecule has 0 atom stereocenters. The van der Waals surface area contributed by atoms with Crippen LogP contribution in [-0.4, -0.2) is 19.2 Å². The Hall–Kier alpha value is -3.08. The molecule has 1 heterocycles. The summed E-state index contributed by atoms with van der Waals surface area (Å²) in [5.74, 6) is -0.267. The van der Waals surface area contributed by atoms with Crippen molar-refractivity contribution in [2.75, 3.05) is 17.7 Å². The van der Waals surface area contributed by atoms with E-state index in [1.54, 1.807) is 30.5 Å². The molecule has 5 nitrogen and oxygen atoms in total. The number of likely N-dealkylation sites (N-methyl/N-ethyl adjacent to an activating group) is 1. The van der Waals surface area contributed by atoms with Gasteiger partial charge in [0, 0.05) is 41.3 Å². The van der Waals surface area contributed by atoms with Crippen LogP contribution in [0.2, 0.25) is 0 Å². The second-order valence-electron chi connectivity index (χ2n) is 6.59. The number of anilines is 2. The number of para-hydroxylation sites is 1. The Bertz CT molecular complexity index is 850. The fraction of sp³-hybridized carbons (Fsp3) is 0.200. The molecule has 0 fully saturated rings. The molecule has 0 saturated heterocycles. The average molecular weight is 334 g/mol. The molecule has 2 aromatic carbocycles. The van der Waals surface area contributed by atoms with Gasteiger partial charge in [-0.1, -0.05) is 32.0 Å². The summed E-state index contributed by atoms with van der Waals surface area (Å²) in [5.41, 5.74) is 12.8. The number of benzene rings is 2. The third-order valence-corrected chi connectivity index (χ3v) is 4.59. The summed E-state index contributed by atoms with van der Waals surface area (Å²) in [6, 6.07) is 15.1. The number of nitrogens with one attached hydrogen (secondary N) is 1. The number of fused-ring (bicyclic) bond motifs is 1. The molecule has 0 bridgehead atoms. The molecular formula is C20H22N4O. The number of hydrogen-bond acceptors (Lipinski definition) is 4. The van der Waals surface area contributed by atoms with Gasteiger partial charge in [0.25, 0.3) is 5.91 Å². The highest BCUT2D eigenvalue weighted by Gasteiger charge is 2.37. The second-order valence-corrected chi connectivity index (χ2v) is 6.59. The summed E-state index contributed by atoms with van der Waals surface area (Å²) in [4.78, 5) is 14.2. The SMILES string of the molecule is CN1/C(=C\C=N/NC(=O)c2ccc(N)cc2)C(C)(C)c2ccccc21. The first kappa shape index (κ1) is 16.8. The predicted molar refractivity (Wildman–Crippen MR) is 103 cm³/mol. The molecule has 0 spiro atoms. The molecule has 0 saturated carbocycles. The van der Waals surface area contributed by atoms with Crippen LogP contribution < -0.4 is 16.1 Å². The molecule has 0 aromatic heterocycles. The monoisotopic (exact) mass is 334 g/mol. The molecule has 128 valence electrons. The summed E-state index contributed by atoms with van der Waals surface area (Å²) in [5, 5.41) is 4.04. The molecule has 3 N–H and O–H groups in total. The van der Waals surface area contributed by atoms with E-state index in [1.807, 2.05) is 19.2 Å². The molecule has 2 aromatic rings. The van der Waals surface area contributed by atoms with Gasteiger partial charge in [-0.05, 0) is 42.0 Å². The minimum Gasteiger partial charge on any atom is -0.399 e. The van der Waals surface area contributed by atoms with Crippen LogP contribution in [0.15, 0.2) is 65.4 Å². The van der Waals surface area contributed by atoms with Crippen LogP contribution in [0.25, 0.3) is 0 Å². The highest BCUT2D eigenvalue weighted by atomic mass is 16.2. The molecule has 0 radical (unpaired) electrons. The van der Waals surface area contributed by atoms with Gasteiger partial charge in [0.1, 0.15) is 0 Å². The quantitative estimate of drug-likeness (QED) is 0.514. The second kappa shape index (κ2) is 6.43. The number of allylic oxidation sites excluding steroid dienone is 2. The van der Waals surface area contributed by atoms with Crippen LogP contribution >= 0.6 is 0 Å². The molecule has 0 aliphatic carbocycles. The number of rotatable bonds is 3. The smallest absolute Gasteiger partial charge is 0.271 e. The zero-order valence-electron chi connectivity index (χ0n) is 14.7. The number of nitrogens with zero attached hydrogens (tertiary/aromatic N) is 2. The Morgan fingerprint density at radius 1 is 1.16 bits per heavy atom. The number of amides is 1. The number of carbonyl (C=O) groups excluding carboxylic acids is 1. The van der Waals surface area contributed by atoms with Crippen LogP contribution in [0.4, 0.5) is 11.4 Å². The third kappa shape index (κ3) is 3.13. The lowest BCUT2D eigenvalue weighted by atomic mass is 9.84. The van der Waals surface area contributed by atoms with Crippen molar-refractivity contribution < 1.29 is 4.79 Å². The van der Waals surface area contributed by atoms with Gasteiger partial charge in [0.2, 0.25) is 0 Å².